The summed E-state index contributed by atoms with van der Waals surface area (Å²) in [6.45, 7) is 19.1. The Morgan fingerprint density at radius 3 is 0.509 bits per heavy atom. The number of carboxylic acids is 2. The molecule has 0 heterocycles. The van der Waals surface area contributed by atoms with Gasteiger partial charge in [0.1, 0.15) is 20.0 Å². The molecule has 0 saturated heterocycles. The van der Waals surface area contributed by atoms with Gasteiger partial charge in [-0.2, -0.15) is 0 Å². The van der Waals surface area contributed by atoms with E-state index in [0.29, 0.717) is 38.9 Å². The van der Waals surface area contributed by atoms with E-state index in [-0.39, 0.29) is 22.4 Å². The third kappa shape index (κ3) is 77.9. The summed E-state index contributed by atoms with van der Waals surface area (Å²) in [7, 11) is 0. The standard InChI is InChI=1S/2C52H102O4S/c1-5-9-13-17-21-23-25-27-29-31-33-35-39-43-47-51(49(53)54,45-41-37-19-15-11-7-3)57-52(50(55)56,46-42-38-20-16-12-8-4)48-44-40-36-34-32-30-28-26-24-22-18-14-10-6-2;1-5-9-13-17-21-23-25-27-29-31-33-35-39-43-47-55-51(53)49(45-41-37-19-15-11-7-3)57-50(46-42-38-20-16-12-8-4)52(54)56-48-44-40-36-34-32-30-28-26-24-22-18-14-10-6-2/h5-48H2,1-4H3,(H,53,54)(H,55,56);49-50H,5-48H2,1-4H3. The molecule has 0 aromatic rings. The van der Waals surface area contributed by atoms with Gasteiger partial charge in [-0.25, -0.2) is 0 Å². The van der Waals surface area contributed by atoms with Gasteiger partial charge in [0.25, 0.3) is 0 Å². The predicted molar refractivity (Wildman–Crippen MR) is 508 cm³/mol. The van der Waals surface area contributed by atoms with Crippen LogP contribution in [-0.4, -0.2) is 67.3 Å². The molecular formula is C104H204O8S2. The SMILES string of the molecule is CCCCCCCCCCCCCCCCC(CCCCCCCC)(SC(CCCCCCCC)(CCCCCCCCCCCCCCCC)C(=O)O)C(=O)O.CCCCCCCCCCCCCCCCOC(=O)C(CCCCCCCC)SC(CCCCCCCC)C(=O)OCCCCCCCCCCCCCCCC. The highest BCUT2D eigenvalue weighted by atomic mass is 32.2. The summed E-state index contributed by atoms with van der Waals surface area (Å²) in [5, 5.41) is 21.6. The number of carbonyl (C=O) groups excluding carboxylic acids is 2. The second-order valence-corrected chi connectivity index (χ2v) is 39.4. The average Bonchev–Trinajstić information content (AvgIpc) is 0.789. The number of thioether (sulfide) groups is 2. The summed E-state index contributed by atoms with van der Waals surface area (Å²) in [4.78, 5) is 54.1. The Morgan fingerprint density at radius 2 is 0.351 bits per heavy atom. The van der Waals surface area contributed by atoms with Crippen molar-refractivity contribution in [1.82, 2.24) is 0 Å². The first-order valence-corrected chi connectivity index (χ1v) is 53.9. The fourth-order valence-corrected chi connectivity index (χ4v) is 20.2. The smallest absolute Gasteiger partial charge is 0.319 e. The Balaban J connectivity index is 0. The molecule has 680 valence electrons. The minimum absolute atomic E-state index is 0.101. The van der Waals surface area contributed by atoms with Crippen molar-refractivity contribution >= 4 is 47.4 Å². The molecule has 0 bridgehead atoms. The van der Waals surface area contributed by atoms with Crippen LogP contribution in [0, 0.1) is 0 Å². The van der Waals surface area contributed by atoms with Crippen LogP contribution in [0.25, 0.3) is 0 Å². The van der Waals surface area contributed by atoms with E-state index in [1.54, 1.807) is 11.8 Å². The fourth-order valence-electron chi connectivity index (χ4n) is 17.0. The number of unbranched alkanes of at least 4 members (excludes halogenated alkanes) is 72. The lowest BCUT2D eigenvalue weighted by Crippen LogP contribution is -2.45. The van der Waals surface area contributed by atoms with E-state index in [9.17, 15) is 29.4 Å². The quantitative estimate of drug-likeness (QED) is 0.0449. The lowest BCUT2D eigenvalue weighted by atomic mass is 9.92. The van der Waals surface area contributed by atoms with Crippen molar-refractivity contribution in [3.63, 3.8) is 0 Å². The predicted octanol–water partition coefficient (Wildman–Crippen LogP) is 36.6. The molecule has 0 aromatic carbocycles. The van der Waals surface area contributed by atoms with Crippen molar-refractivity contribution in [3.8, 4) is 0 Å². The van der Waals surface area contributed by atoms with Gasteiger partial charge in [-0.3, -0.25) is 19.2 Å². The van der Waals surface area contributed by atoms with Crippen LogP contribution in [0.5, 0.6) is 0 Å². The highest BCUT2D eigenvalue weighted by molar-refractivity contribution is 8.03. The molecule has 8 nitrogen and oxygen atoms in total. The summed E-state index contributed by atoms with van der Waals surface area (Å²) >= 11 is 2.98. The zero-order chi connectivity index (χ0) is 83.5. The zero-order valence-electron chi connectivity index (χ0n) is 78.5. The van der Waals surface area contributed by atoms with E-state index < -0.39 is 21.4 Å². The lowest BCUT2D eigenvalue weighted by Gasteiger charge is -2.39. The summed E-state index contributed by atoms with van der Waals surface area (Å²) < 4.78 is 9.84. The van der Waals surface area contributed by atoms with Crippen molar-refractivity contribution in [2.24, 2.45) is 0 Å². The van der Waals surface area contributed by atoms with Crippen molar-refractivity contribution in [2.45, 2.75) is 628 Å². The second-order valence-electron chi connectivity index (χ2n) is 36.2. The monoisotopic (exact) mass is 1650 g/mol. The fraction of sp³-hybridized carbons (Fsp3) is 0.962. The molecule has 0 amide bonds. The highest BCUT2D eigenvalue weighted by Gasteiger charge is 2.50. The molecule has 0 aliphatic rings. The van der Waals surface area contributed by atoms with Crippen molar-refractivity contribution in [1.29, 1.82) is 0 Å². The Bertz CT molecular complexity index is 1800. The summed E-state index contributed by atoms with van der Waals surface area (Å²) in [5.41, 5.74) is 0. The first kappa shape index (κ1) is 115. The summed E-state index contributed by atoms with van der Waals surface area (Å²) in [5.74, 6) is -1.72. The summed E-state index contributed by atoms with van der Waals surface area (Å²) in [6, 6.07) is 0. The molecule has 114 heavy (non-hydrogen) atoms. The van der Waals surface area contributed by atoms with Gasteiger partial charge in [-0.15, -0.1) is 23.5 Å². The highest BCUT2D eigenvalue weighted by Crippen LogP contribution is 2.50. The van der Waals surface area contributed by atoms with Gasteiger partial charge in [-0.1, -0.05) is 556 Å². The van der Waals surface area contributed by atoms with Crippen LogP contribution in [0.15, 0.2) is 0 Å². The third-order valence-corrected chi connectivity index (χ3v) is 28.3. The largest absolute Gasteiger partial charge is 0.480 e. The van der Waals surface area contributed by atoms with Crippen molar-refractivity contribution < 1.29 is 38.9 Å². The van der Waals surface area contributed by atoms with Gasteiger partial charge >= 0.3 is 23.9 Å². The number of esters is 2. The van der Waals surface area contributed by atoms with Gasteiger partial charge in [0.15, 0.2) is 0 Å². The van der Waals surface area contributed by atoms with E-state index in [0.717, 1.165) is 141 Å². The molecule has 0 radical (unpaired) electrons. The minimum Gasteiger partial charge on any atom is -0.480 e. The van der Waals surface area contributed by atoms with E-state index in [1.165, 1.54) is 397 Å². The van der Waals surface area contributed by atoms with Gasteiger partial charge in [0.2, 0.25) is 0 Å². The molecule has 4 atom stereocenters. The molecule has 0 rings (SSSR count). The third-order valence-electron chi connectivity index (χ3n) is 24.9. The molecule has 0 aliphatic carbocycles. The van der Waals surface area contributed by atoms with Gasteiger partial charge in [0, 0.05) is 0 Å². The number of aliphatic carboxylic acids is 2. The normalized spacial score (nSPS) is 13.2. The molecule has 0 spiro atoms. The Hall–Kier alpha value is -1.42. The van der Waals surface area contributed by atoms with E-state index >= 15 is 0 Å². The molecule has 2 N–H and O–H groups in total. The van der Waals surface area contributed by atoms with Crippen molar-refractivity contribution in [2.75, 3.05) is 13.2 Å². The molecule has 0 aliphatic heterocycles. The van der Waals surface area contributed by atoms with Gasteiger partial charge < -0.3 is 19.7 Å². The number of hydrogen-bond acceptors (Lipinski definition) is 8. The topological polar surface area (TPSA) is 127 Å². The van der Waals surface area contributed by atoms with Crippen LogP contribution in [-0.2, 0) is 28.7 Å². The maximum Gasteiger partial charge on any atom is 0.319 e. The molecule has 0 aromatic heterocycles. The van der Waals surface area contributed by atoms with Gasteiger partial charge in [0.05, 0.1) is 13.2 Å². The van der Waals surface area contributed by atoms with E-state index in [2.05, 4.69) is 55.4 Å². The number of hydrogen-bond donors (Lipinski definition) is 2. The van der Waals surface area contributed by atoms with Gasteiger partial charge in [-0.05, 0) is 51.4 Å². The first-order chi connectivity index (χ1) is 55.9. The Kier molecular flexibility index (Phi) is 94.4. The maximum absolute atomic E-state index is 13.6. The first-order valence-electron chi connectivity index (χ1n) is 52.1. The molecule has 10 heteroatoms. The molecule has 4 unspecified atom stereocenters. The van der Waals surface area contributed by atoms with Crippen LogP contribution in [0.1, 0.15) is 608 Å². The van der Waals surface area contributed by atoms with Crippen molar-refractivity contribution in [3.05, 3.63) is 0 Å². The molecule has 0 saturated carbocycles. The second kappa shape index (κ2) is 93.8. The van der Waals surface area contributed by atoms with Crippen LogP contribution >= 0.6 is 23.5 Å². The molecular weight excluding hydrogens is 1440 g/mol. The minimum atomic E-state index is -1.02. The molecule has 0 fully saturated rings. The maximum atomic E-state index is 13.6. The Labute approximate surface area is 722 Å². The zero-order valence-corrected chi connectivity index (χ0v) is 80.2. The Morgan fingerprint density at radius 1 is 0.211 bits per heavy atom. The number of ether oxygens (including phenoxy) is 2. The van der Waals surface area contributed by atoms with E-state index in [1.807, 2.05) is 0 Å². The summed E-state index contributed by atoms with van der Waals surface area (Å²) in [6.07, 6.45) is 105. The number of carbonyl (C=O) groups is 4. The van der Waals surface area contributed by atoms with Crippen LogP contribution < -0.4 is 0 Å². The van der Waals surface area contributed by atoms with Crippen LogP contribution in [0.4, 0.5) is 0 Å². The van der Waals surface area contributed by atoms with E-state index in [4.69, 9.17) is 9.47 Å². The number of carboxylic acid groups (broad SMARTS) is 2. The average molecular weight is 1650 g/mol. The number of rotatable bonds is 96. The lowest BCUT2D eigenvalue weighted by molar-refractivity contribution is -0.144. The van der Waals surface area contributed by atoms with Crippen LogP contribution in [0.2, 0.25) is 0 Å². The van der Waals surface area contributed by atoms with Crippen LogP contribution in [0.3, 0.4) is 0 Å².